The Morgan fingerprint density at radius 3 is 2.50 bits per heavy atom. The fourth-order valence-electron chi connectivity index (χ4n) is 1.95. The highest BCUT2D eigenvalue weighted by Crippen LogP contribution is 2.28. The molecule has 0 unspecified atom stereocenters. The molecule has 20 heavy (non-hydrogen) atoms. The van der Waals surface area contributed by atoms with E-state index in [1.807, 2.05) is 43.3 Å². The summed E-state index contributed by atoms with van der Waals surface area (Å²) in [6.45, 7) is 2.87. The lowest BCUT2D eigenvalue weighted by Gasteiger charge is -2.12. The average Bonchev–Trinajstić information content (AvgIpc) is 2.46. The number of aryl methyl sites for hydroxylation is 1. The van der Waals surface area contributed by atoms with Crippen molar-refractivity contribution in [2.45, 2.75) is 20.1 Å². The third-order valence-electron chi connectivity index (χ3n) is 3.05. The van der Waals surface area contributed by atoms with E-state index in [0.29, 0.717) is 23.9 Å². The molecule has 0 atom stereocenters. The van der Waals surface area contributed by atoms with Gasteiger partial charge in [-0.3, -0.25) is 0 Å². The van der Waals surface area contributed by atoms with E-state index in [1.54, 1.807) is 7.11 Å². The second-order valence-corrected chi connectivity index (χ2v) is 4.98. The SMILES string of the molecule is COc1ccc(CN)cc1COc1ccc(C)cc1Cl. The van der Waals surface area contributed by atoms with Crippen LogP contribution < -0.4 is 15.2 Å². The monoisotopic (exact) mass is 291 g/mol. The van der Waals surface area contributed by atoms with Gasteiger partial charge in [-0.1, -0.05) is 23.7 Å². The quantitative estimate of drug-likeness (QED) is 0.913. The topological polar surface area (TPSA) is 44.5 Å². The van der Waals surface area contributed by atoms with Crippen LogP contribution in [0.5, 0.6) is 11.5 Å². The maximum absolute atomic E-state index is 6.15. The van der Waals surface area contributed by atoms with Crippen molar-refractivity contribution in [3.8, 4) is 11.5 Å². The van der Waals surface area contributed by atoms with Crippen LogP contribution in [0.3, 0.4) is 0 Å². The van der Waals surface area contributed by atoms with Gasteiger partial charge >= 0.3 is 0 Å². The van der Waals surface area contributed by atoms with Gasteiger partial charge in [-0.15, -0.1) is 0 Å². The Hall–Kier alpha value is -1.71. The first-order valence-corrected chi connectivity index (χ1v) is 6.76. The predicted molar refractivity (Wildman–Crippen MR) is 81.4 cm³/mol. The van der Waals surface area contributed by atoms with Crippen LogP contribution in [0.4, 0.5) is 0 Å². The van der Waals surface area contributed by atoms with Gasteiger partial charge < -0.3 is 15.2 Å². The zero-order valence-corrected chi connectivity index (χ0v) is 12.4. The van der Waals surface area contributed by atoms with E-state index in [-0.39, 0.29) is 0 Å². The molecule has 0 heterocycles. The van der Waals surface area contributed by atoms with Gasteiger partial charge in [0.05, 0.1) is 12.1 Å². The van der Waals surface area contributed by atoms with Crippen LogP contribution in [-0.2, 0) is 13.2 Å². The summed E-state index contributed by atoms with van der Waals surface area (Å²) in [6, 6.07) is 11.6. The number of hydrogen-bond acceptors (Lipinski definition) is 3. The molecule has 0 aliphatic rings. The largest absolute Gasteiger partial charge is 0.496 e. The minimum atomic E-state index is 0.389. The van der Waals surface area contributed by atoms with Crippen molar-refractivity contribution in [1.29, 1.82) is 0 Å². The van der Waals surface area contributed by atoms with E-state index in [4.69, 9.17) is 26.8 Å². The summed E-state index contributed by atoms with van der Waals surface area (Å²) in [4.78, 5) is 0. The maximum Gasteiger partial charge on any atom is 0.138 e. The fourth-order valence-corrected chi connectivity index (χ4v) is 2.24. The molecule has 4 heteroatoms. The molecular formula is C16H18ClNO2. The molecule has 0 aliphatic heterocycles. The molecule has 106 valence electrons. The number of rotatable bonds is 5. The summed E-state index contributed by atoms with van der Waals surface area (Å²) >= 11 is 6.15. The molecule has 0 aromatic heterocycles. The smallest absolute Gasteiger partial charge is 0.138 e. The van der Waals surface area contributed by atoms with Gasteiger partial charge in [-0.25, -0.2) is 0 Å². The Morgan fingerprint density at radius 2 is 1.85 bits per heavy atom. The summed E-state index contributed by atoms with van der Waals surface area (Å²) in [6.07, 6.45) is 0. The lowest BCUT2D eigenvalue weighted by Crippen LogP contribution is -2.02. The number of hydrogen-bond donors (Lipinski definition) is 1. The molecule has 3 nitrogen and oxygen atoms in total. The molecule has 2 aromatic carbocycles. The minimum absolute atomic E-state index is 0.389. The fraction of sp³-hybridized carbons (Fsp3) is 0.250. The van der Waals surface area contributed by atoms with Gasteiger partial charge in [0.15, 0.2) is 0 Å². The van der Waals surface area contributed by atoms with Crippen LogP contribution in [0, 0.1) is 6.92 Å². The molecular weight excluding hydrogens is 274 g/mol. The van der Waals surface area contributed by atoms with Crippen molar-refractivity contribution >= 4 is 11.6 Å². The second-order valence-electron chi connectivity index (χ2n) is 4.57. The summed E-state index contributed by atoms with van der Waals surface area (Å²) in [7, 11) is 1.64. The van der Waals surface area contributed by atoms with Gasteiger partial charge in [0.2, 0.25) is 0 Å². The molecule has 0 fully saturated rings. The average molecular weight is 292 g/mol. The van der Waals surface area contributed by atoms with Crippen LogP contribution >= 0.6 is 11.6 Å². The molecule has 2 aromatic rings. The molecule has 0 bridgehead atoms. The van der Waals surface area contributed by atoms with E-state index >= 15 is 0 Å². The number of ether oxygens (including phenoxy) is 2. The highest BCUT2D eigenvalue weighted by Gasteiger charge is 2.07. The molecule has 0 spiro atoms. The van der Waals surface area contributed by atoms with Gasteiger partial charge in [-0.2, -0.15) is 0 Å². The van der Waals surface area contributed by atoms with Gasteiger partial charge in [0, 0.05) is 12.1 Å². The van der Waals surface area contributed by atoms with Crippen LogP contribution in [0.25, 0.3) is 0 Å². The molecule has 0 aliphatic carbocycles. The van der Waals surface area contributed by atoms with Gasteiger partial charge in [0.25, 0.3) is 0 Å². The lowest BCUT2D eigenvalue weighted by atomic mass is 10.1. The molecule has 0 radical (unpaired) electrons. The first-order valence-electron chi connectivity index (χ1n) is 6.39. The predicted octanol–water partition coefficient (Wildman–Crippen LogP) is 3.69. The van der Waals surface area contributed by atoms with Crippen molar-refractivity contribution in [3.05, 3.63) is 58.1 Å². The van der Waals surface area contributed by atoms with Crippen LogP contribution in [0.15, 0.2) is 36.4 Å². The minimum Gasteiger partial charge on any atom is -0.496 e. The zero-order valence-electron chi connectivity index (χ0n) is 11.7. The first-order chi connectivity index (χ1) is 9.63. The first kappa shape index (κ1) is 14.7. The summed E-state index contributed by atoms with van der Waals surface area (Å²) in [5.41, 5.74) is 8.75. The maximum atomic E-state index is 6.15. The number of nitrogens with two attached hydrogens (primary N) is 1. The van der Waals surface area contributed by atoms with Crippen molar-refractivity contribution in [2.24, 2.45) is 5.73 Å². The van der Waals surface area contributed by atoms with E-state index in [1.165, 1.54) is 0 Å². The zero-order chi connectivity index (χ0) is 14.5. The Bertz CT molecular complexity index is 599. The molecule has 2 N–H and O–H groups in total. The number of methoxy groups -OCH3 is 1. The van der Waals surface area contributed by atoms with Crippen LogP contribution in [0.1, 0.15) is 16.7 Å². The Morgan fingerprint density at radius 1 is 1.10 bits per heavy atom. The van der Waals surface area contributed by atoms with E-state index in [9.17, 15) is 0 Å². The van der Waals surface area contributed by atoms with Crippen molar-refractivity contribution in [3.63, 3.8) is 0 Å². The number of halogens is 1. The van der Waals surface area contributed by atoms with Crippen molar-refractivity contribution < 1.29 is 9.47 Å². The number of benzene rings is 2. The summed E-state index contributed by atoms with van der Waals surface area (Å²) in [5.74, 6) is 1.45. The molecule has 0 saturated carbocycles. The Balaban J connectivity index is 2.17. The normalized spacial score (nSPS) is 10.4. The van der Waals surface area contributed by atoms with Gasteiger partial charge in [0.1, 0.15) is 18.1 Å². The highest BCUT2D eigenvalue weighted by atomic mass is 35.5. The van der Waals surface area contributed by atoms with Crippen LogP contribution in [0.2, 0.25) is 5.02 Å². The van der Waals surface area contributed by atoms with Gasteiger partial charge in [-0.05, 0) is 42.3 Å². The van der Waals surface area contributed by atoms with E-state index in [2.05, 4.69) is 0 Å². The third kappa shape index (κ3) is 3.44. The molecule has 2 rings (SSSR count). The van der Waals surface area contributed by atoms with E-state index in [0.717, 1.165) is 22.4 Å². The molecule has 0 amide bonds. The lowest BCUT2D eigenvalue weighted by molar-refractivity contribution is 0.296. The second kappa shape index (κ2) is 6.64. The Kier molecular flexibility index (Phi) is 4.88. The van der Waals surface area contributed by atoms with Crippen LogP contribution in [-0.4, -0.2) is 7.11 Å². The highest BCUT2D eigenvalue weighted by molar-refractivity contribution is 6.32. The Labute approximate surface area is 124 Å². The standard InChI is InChI=1S/C16H18ClNO2/c1-11-3-5-16(14(17)7-11)20-10-13-8-12(9-18)4-6-15(13)19-2/h3-8H,9-10,18H2,1-2H3. The van der Waals surface area contributed by atoms with Crippen molar-refractivity contribution in [2.75, 3.05) is 7.11 Å². The molecule has 0 saturated heterocycles. The van der Waals surface area contributed by atoms with E-state index < -0.39 is 0 Å². The van der Waals surface area contributed by atoms with Crippen molar-refractivity contribution in [1.82, 2.24) is 0 Å². The summed E-state index contributed by atoms with van der Waals surface area (Å²) in [5, 5.41) is 0.610. The third-order valence-corrected chi connectivity index (χ3v) is 3.35. The summed E-state index contributed by atoms with van der Waals surface area (Å²) < 4.78 is 11.1.